The van der Waals surface area contributed by atoms with Crippen molar-refractivity contribution in [3.05, 3.63) is 62.9 Å². The molecule has 1 fully saturated rings. The fraction of sp³-hybridized carbons (Fsp3) is 0.318. The van der Waals surface area contributed by atoms with E-state index in [1.807, 2.05) is 24.3 Å². The smallest absolute Gasteiger partial charge is 0.271 e. The van der Waals surface area contributed by atoms with Crippen molar-refractivity contribution in [2.45, 2.75) is 19.4 Å². The van der Waals surface area contributed by atoms with Crippen LogP contribution in [0.4, 0.5) is 11.4 Å². The summed E-state index contributed by atoms with van der Waals surface area (Å²) in [6.07, 6.45) is 1.55. The second kappa shape index (κ2) is 10.1. The maximum Gasteiger partial charge on any atom is 0.271 e. The number of rotatable bonds is 7. The maximum absolute atomic E-state index is 12.9. The van der Waals surface area contributed by atoms with Crippen molar-refractivity contribution in [1.82, 2.24) is 15.0 Å². The van der Waals surface area contributed by atoms with E-state index in [-0.39, 0.29) is 23.2 Å². The van der Waals surface area contributed by atoms with Gasteiger partial charge < -0.3 is 14.6 Å². The topological polar surface area (TPSA) is 124 Å². The number of nitrogens with zero attached hydrogens (tertiary/aromatic N) is 4. The lowest BCUT2D eigenvalue weighted by molar-refractivity contribution is -0.384. The fourth-order valence-corrected chi connectivity index (χ4v) is 4.05. The SMILES string of the molecule is COc1ccc([N+](=O)[O-])cc1NC(=O)C1CCCN(Cc2nc(-c3ccc(Br)cc3)no2)C1. The molecule has 1 unspecified atom stereocenters. The fourth-order valence-electron chi connectivity index (χ4n) is 3.78. The van der Waals surface area contributed by atoms with Gasteiger partial charge in [-0.05, 0) is 49.7 Å². The van der Waals surface area contributed by atoms with E-state index >= 15 is 0 Å². The second-order valence-corrected chi connectivity index (χ2v) is 8.64. The van der Waals surface area contributed by atoms with Crippen LogP contribution in [0.2, 0.25) is 0 Å². The summed E-state index contributed by atoms with van der Waals surface area (Å²) in [6, 6.07) is 11.7. The minimum absolute atomic E-state index is 0.116. The zero-order valence-electron chi connectivity index (χ0n) is 17.9. The highest BCUT2D eigenvalue weighted by Gasteiger charge is 2.28. The first kappa shape index (κ1) is 22.9. The molecule has 0 bridgehead atoms. The number of non-ortho nitro benzene ring substituents is 1. The van der Waals surface area contributed by atoms with Crippen LogP contribution < -0.4 is 10.1 Å². The van der Waals surface area contributed by atoms with Crippen LogP contribution in [-0.4, -0.2) is 46.1 Å². The molecule has 0 radical (unpaired) electrons. The number of piperidine rings is 1. The van der Waals surface area contributed by atoms with Gasteiger partial charge in [-0.15, -0.1) is 0 Å². The Morgan fingerprint density at radius 3 is 2.85 bits per heavy atom. The summed E-state index contributed by atoms with van der Waals surface area (Å²) in [4.78, 5) is 30.1. The van der Waals surface area contributed by atoms with Crippen molar-refractivity contribution in [3.63, 3.8) is 0 Å². The molecule has 0 saturated carbocycles. The number of amides is 1. The molecule has 1 atom stereocenters. The third kappa shape index (κ3) is 5.55. The van der Waals surface area contributed by atoms with Crippen molar-refractivity contribution in [2.75, 3.05) is 25.5 Å². The van der Waals surface area contributed by atoms with Crippen LogP contribution in [0.1, 0.15) is 18.7 Å². The number of hydrogen-bond acceptors (Lipinski definition) is 8. The van der Waals surface area contributed by atoms with Crippen LogP contribution in [0, 0.1) is 16.0 Å². The van der Waals surface area contributed by atoms with Crippen molar-refractivity contribution in [3.8, 4) is 17.1 Å². The molecule has 10 nitrogen and oxygen atoms in total. The van der Waals surface area contributed by atoms with Crippen LogP contribution in [-0.2, 0) is 11.3 Å². The average molecular weight is 516 g/mol. The first-order valence-electron chi connectivity index (χ1n) is 10.4. The molecular weight excluding hydrogens is 494 g/mol. The molecule has 0 spiro atoms. The van der Waals surface area contributed by atoms with Crippen molar-refractivity contribution >= 4 is 33.2 Å². The first-order chi connectivity index (χ1) is 15.9. The van der Waals surface area contributed by atoms with E-state index < -0.39 is 4.92 Å². The van der Waals surface area contributed by atoms with Crippen LogP contribution in [0.15, 0.2) is 51.5 Å². The number of nitro benzene ring substituents is 1. The van der Waals surface area contributed by atoms with Gasteiger partial charge in [0, 0.05) is 28.7 Å². The number of nitro groups is 1. The van der Waals surface area contributed by atoms with E-state index in [0.29, 0.717) is 37.0 Å². The summed E-state index contributed by atoms with van der Waals surface area (Å²) >= 11 is 3.40. The highest BCUT2D eigenvalue weighted by atomic mass is 79.9. The lowest BCUT2D eigenvalue weighted by atomic mass is 9.97. The van der Waals surface area contributed by atoms with Gasteiger partial charge in [0.15, 0.2) is 0 Å². The molecule has 1 N–H and O–H groups in total. The Morgan fingerprint density at radius 2 is 2.12 bits per heavy atom. The van der Waals surface area contributed by atoms with E-state index in [1.165, 1.54) is 25.3 Å². The van der Waals surface area contributed by atoms with Crippen molar-refractivity contribution in [2.24, 2.45) is 5.92 Å². The summed E-state index contributed by atoms with van der Waals surface area (Å²) in [5.74, 6) is 0.875. The Balaban J connectivity index is 1.40. The molecule has 1 aromatic heterocycles. The highest BCUT2D eigenvalue weighted by molar-refractivity contribution is 9.10. The zero-order valence-corrected chi connectivity index (χ0v) is 19.4. The molecule has 172 valence electrons. The molecule has 1 amide bonds. The number of methoxy groups -OCH3 is 1. The third-order valence-corrected chi connectivity index (χ3v) is 5.99. The molecule has 0 aliphatic carbocycles. The van der Waals surface area contributed by atoms with Gasteiger partial charge in [-0.1, -0.05) is 21.1 Å². The van der Waals surface area contributed by atoms with Crippen molar-refractivity contribution in [1.29, 1.82) is 0 Å². The molecule has 2 aromatic carbocycles. The second-order valence-electron chi connectivity index (χ2n) is 7.72. The number of hydrogen-bond donors (Lipinski definition) is 1. The number of halogens is 1. The van der Waals surface area contributed by atoms with E-state index in [0.717, 1.165) is 23.0 Å². The molecule has 33 heavy (non-hydrogen) atoms. The van der Waals surface area contributed by atoms with E-state index in [9.17, 15) is 14.9 Å². The number of benzene rings is 2. The number of carbonyl (C=O) groups excluding carboxylic acids is 1. The predicted molar refractivity (Wildman–Crippen MR) is 124 cm³/mol. The minimum atomic E-state index is -0.510. The van der Waals surface area contributed by atoms with Crippen LogP contribution >= 0.6 is 15.9 Å². The van der Waals surface area contributed by atoms with Gasteiger partial charge in [-0.25, -0.2) is 0 Å². The van der Waals surface area contributed by atoms with Gasteiger partial charge in [0.1, 0.15) is 5.75 Å². The third-order valence-electron chi connectivity index (χ3n) is 5.46. The van der Waals surface area contributed by atoms with Gasteiger partial charge >= 0.3 is 0 Å². The molecule has 1 aliphatic rings. The number of nitrogens with one attached hydrogen (secondary N) is 1. The van der Waals surface area contributed by atoms with Crippen LogP contribution in [0.3, 0.4) is 0 Å². The zero-order chi connectivity index (χ0) is 23.4. The quantitative estimate of drug-likeness (QED) is 0.365. The lowest BCUT2D eigenvalue weighted by Gasteiger charge is -2.30. The van der Waals surface area contributed by atoms with E-state index in [1.54, 1.807) is 0 Å². The largest absolute Gasteiger partial charge is 0.495 e. The Hall–Kier alpha value is -3.31. The monoisotopic (exact) mass is 515 g/mol. The standard InChI is InChI=1S/C22H22BrN5O5/c1-32-19-9-8-17(28(30)31)11-18(19)24-22(29)15-3-2-10-27(12-15)13-20-25-21(26-33-20)14-4-6-16(23)7-5-14/h4-9,11,15H,2-3,10,12-13H2,1H3,(H,24,29). The Labute approximate surface area is 198 Å². The maximum atomic E-state index is 12.9. The summed E-state index contributed by atoms with van der Waals surface area (Å²) in [7, 11) is 1.45. The summed E-state index contributed by atoms with van der Waals surface area (Å²) in [6.45, 7) is 1.76. The normalized spacial score (nSPS) is 16.4. The summed E-state index contributed by atoms with van der Waals surface area (Å²) in [5.41, 5.74) is 1.02. The van der Waals surface area contributed by atoms with Gasteiger partial charge in [0.2, 0.25) is 17.6 Å². The van der Waals surface area contributed by atoms with Crippen molar-refractivity contribution < 1.29 is 19.0 Å². The minimum Gasteiger partial charge on any atom is -0.495 e. The van der Waals surface area contributed by atoms with Crippen LogP contribution in [0.25, 0.3) is 11.4 Å². The number of anilines is 1. The van der Waals surface area contributed by atoms with Crippen LogP contribution in [0.5, 0.6) is 5.75 Å². The molecule has 1 aliphatic heterocycles. The number of aromatic nitrogens is 2. The first-order valence-corrected chi connectivity index (χ1v) is 11.2. The van der Waals surface area contributed by atoms with Gasteiger partial charge in [0.25, 0.3) is 5.69 Å². The predicted octanol–water partition coefficient (Wildman–Crippen LogP) is 4.27. The molecule has 1 saturated heterocycles. The average Bonchev–Trinajstić information content (AvgIpc) is 3.28. The lowest BCUT2D eigenvalue weighted by Crippen LogP contribution is -2.40. The molecule has 2 heterocycles. The summed E-state index contributed by atoms with van der Waals surface area (Å²) < 4.78 is 11.6. The Bertz CT molecular complexity index is 1150. The molecule has 3 aromatic rings. The number of carbonyl (C=O) groups is 1. The number of ether oxygens (including phenoxy) is 1. The van der Waals surface area contributed by atoms with Gasteiger partial charge in [0.05, 0.1) is 30.2 Å². The van der Waals surface area contributed by atoms with Gasteiger partial charge in [-0.3, -0.25) is 19.8 Å². The molecule has 4 rings (SSSR count). The summed E-state index contributed by atoms with van der Waals surface area (Å²) in [5, 5.41) is 17.9. The number of likely N-dealkylation sites (tertiary alicyclic amines) is 1. The van der Waals surface area contributed by atoms with Gasteiger partial charge in [-0.2, -0.15) is 4.98 Å². The van der Waals surface area contributed by atoms with E-state index in [4.69, 9.17) is 9.26 Å². The molecular formula is C22H22BrN5O5. The Morgan fingerprint density at radius 1 is 1.33 bits per heavy atom. The van der Waals surface area contributed by atoms with E-state index in [2.05, 4.69) is 36.3 Å². The Kier molecular flexibility index (Phi) is 6.99. The highest BCUT2D eigenvalue weighted by Crippen LogP contribution is 2.30. The molecule has 11 heteroatoms.